The Kier molecular flexibility index (Phi) is 5.34. The first kappa shape index (κ1) is 19.8. The normalized spacial score (nSPS) is 11.8. The number of benzene rings is 1. The lowest BCUT2D eigenvalue weighted by atomic mass is 10.1. The number of halogens is 3. The van der Waals surface area contributed by atoms with Gasteiger partial charge in [-0.05, 0) is 12.1 Å². The van der Waals surface area contributed by atoms with Gasteiger partial charge in [0.25, 0.3) is 5.91 Å². The Bertz CT molecular complexity index is 1020. The molecule has 3 aromatic rings. The number of rotatable bonds is 5. The Morgan fingerprint density at radius 3 is 2.64 bits per heavy atom. The maximum atomic E-state index is 13.3. The minimum atomic E-state index is -4.54. The van der Waals surface area contributed by atoms with Gasteiger partial charge >= 0.3 is 6.18 Å². The van der Waals surface area contributed by atoms with Crippen LogP contribution in [-0.2, 0) is 22.4 Å². The van der Waals surface area contributed by atoms with Crippen LogP contribution in [0.5, 0.6) is 0 Å². The number of nitrogens with zero attached hydrogens (tertiary/aromatic N) is 4. The lowest BCUT2D eigenvalue weighted by molar-refractivity contribution is -0.136. The van der Waals surface area contributed by atoms with Crippen molar-refractivity contribution in [1.29, 1.82) is 0 Å². The molecule has 0 radical (unpaired) electrons. The van der Waals surface area contributed by atoms with Crippen LogP contribution in [0.3, 0.4) is 0 Å². The van der Waals surface area contributed by atoms with E-state index >= 15 is 0 Å². The molecule has 2 heterocycles. The first-order valence-corrected chi connectivity index (χ1v) is 8.13. The molecule has 1 aromatic carbocycles. The zero-order valence-electron chi connectivity index (χ0n) is 15.3. The van der Waals surface area contributed by atoms with Crippen molar-refractivity contribution in [2.24, 2.45) is 0 Å². The van der Waals surface area contributed by atoms with Crippen molar-refractivity contribution in [2.75, 3.05) is 21.3 Å². The van der Waals surface area contributed by atoms with Crippen LogP contribution in [0.4, 0.5) is 13.2 Å². The Morgan fingerprint density at radius 2 is 2.00 bits per heavy atom. The second kappa shape index (κ2) is 7.56. The van der Waals surface area contributed by atoms with Crippen molar-refractivity contribution < 1.29 is 27.5 Å². The van der Waals surface area contributed by atoms with Crippen LogP contribution in [0.25, 0.3) is 16.6 Å². The zero-order chi connectivity index (χ0) is 20.5. The number of carbonyl (C=O) groups is 1. The van der Waals surface area contributed by atoms with Crippen LogP contribution in [0.2, 0.25) is 0 Å². The third-order valence-electron chi connectivity index (χ3n) is 4.16. The Hall–Kier alpha value is -2.98. The van der Waals surface area contributed by atoms with Crippen molar-refractivity contribution in [2.45, 2.75) is 12.8 Å². The fourth-order valence-corrected chi connectivity index (χ4v) is 2.80. The van der Waals surface area contributed by atoms with E-state index in [0.717, 1.165) is 11.1 Å². The van der Waals surface area contributed by atoms with Crippen LogP contribution >= 0.6 is 0 Å². The minimum Gasteiger partial charge on any atom is -0.378 e. The van der Waals surface area contributed by atoms with Gasteiger partial charge in [-0.15, -0.1) is 0 Å². The van der Waals surface area contributed by atoms with Gasteiger partial charge in [0, 0.05) is 31.9 Å². The van der Waals surface area contributed by atoms with Crippen molar-refractivity contribution in [3.8, 4) is 5.69 Å². The molecule has 0 unspecified atom stereocenters. The van der Waals surface area contributed by atoms with Gasteiger partial charge in [0.1, 0.15) is 5.69 Å². The number of hydrogen-bond acceptors (Lipinski definition) is 5. The molecule has 0 N–H and O–H groups in total. The van der Waals surface area contributed by atoms with E-state index < -0.39 is 17.6 Å². The summed E-state index contributed by atoms with van der Waals surface area (Å²) in [6, 6.07) is 5.33. The summed E-state index contributed by atoms with van der Waals surface area (Å²) in [6.45, 7) is 0.0441. The van der Waals surface area contributed by atoms with E-state index in [4.69, 9.17) is 9.57 Å². The van der Waals surface area contributed by atoms with Crippen molar-refractivity contribution in [3.63, 3.8) is 0 Å². The average molecular weight is 394 g/mol. The number of amides is 1. The predicted molar refractivity (Wildman–Crippen MR) is 93.7 cm³/mol. The number of hydrogen-bond donors (Lipinski definition) is 0. The number of aromatic nitrogens is 3. The Morgan fingerprint density at radius 1 is 1.25 bits per heavy atom. The predicted octanol–water partition coefficient (Wildman–Crippen LogP) is 3.22. The van der Waals surface area contributed by atoms with E-state index in [1.54, 1.807) is 0 Å². The van der Waals surface area contributed by atoms with Gasteiger partial charge in [-0.1, -0.05) is 12.1 Å². The van der Waals surface area contributed by atoms with Crippen LogP contribution < -0.4 is 0 Å². The van der Waals surface area contributed by atoms with E-state index in [9.17, 15) is 18.0 Å². The summed E-state index contributed by atoms with van der Waals surface area (Å²) in [7, 11) is 4.23. The van der Waals surface area contributed by atoms with Gasteiger partial charge in [-0.3, -0.25) is 14.6 Å². The standard InChI is InChI=1S/C18H17F3N4O3/c1-24(28-3)17(26)12-9-25(23-14(12)10-27-2)15-7-8-22-16-11(15)5-4-6-13(16)18(19,20)21/h4-9H,10H2,1-3H3. The first-order valence-electron chi connectivity index (χ1n) is 8.13. The molecule has 0 aliphatic rings. The largest absolute Gasteiger partial charge is 0.418 e. The lowest BCUT2D eigenvalue weighted by Gasteiger charge is -2.13. The number of hydroxylamine groups is 2. The second-order valence-electron chi connectivity index (χ2n) is 5.88. The summed E-state index contributed by atoms with van der Waals surface area (Å²) in [6.07, 6.45) is -1.84. The molecule has 28 heavy (non-hydrogen) atoms. The number of alkyl halides is 3. The van der Waals surface area contributed by atoms with Crippen LogP contribution in [0, 0.1) is 0 Å². The smallest absolute Gasteiger partial charge is 0.378 e. The van der Waals surface area contributed by atoms with Crippen molar-refractivity contribution >= 4 is 16.8 Å². The summed E-state index contributed by atoms with van der Waals surface area (Å²) in [5.41, 5.74) is -0.145. The number of pyridine rings is 1. The summed E-state index contributed by atoms with van der Waals surface area (Å²) in [5, 5.41) is 5.60. The molecule has 0 aliphatic carbocycles. The highest BCUT2D eigenvalue weighted by molar-refractivity contribution is 5.95. The number of ether oxygens (including phenoxy) is 1. The van der Waals surface area contributed by atoms with Gasteiger partial charge < -0.3 is 4.74 Å². The molecule has 0 atom stereocenters. The van der Waals surface area contributed by atoms with E-state index in [2.05, 4.69) is 10.1 Å². The zero-order valence-corrected chi connectivity index (χ0v) is 15.3. The number of fused-ring (bicyclic) bond motifs is 1. The summed E-state index contributed by atoms with van der Waals surface area (Å²) in [5.74, 6) is -0.463. The summed E-state index contributed by atoms with van der Waals surface area (Å²) in [4.78, 5) is 21.3. The average Bonchev–Trinajstić information content (AvgIpc) is 3.09. The molecule has 10 heteroatoms. The third-order valence-corrected chi connectivity index (χ3v) is 4.16. The molecular formula is C18H17F3N4O3. The van der Waals surface area contributed by atoms with Crippen molar-refractivity contribution in [1.82, 2.24) is 19.8 Å². The molecule has 0 aliphatic heterocycles. The van der Waals surface area contributed by atoms with Gasteiger partial charge in [-0.2, -0.15) is 18.3 Å². The van der Waals surface area contributed by atoms with Gasteiger partial charge in [0.05, 0.1) is 36.0 Å². The molecule has 0 spiro atoms. The topological polar surface area (TPSA) is 69.5 Å². The van der Waals surface area contributed by atoms with Crippen LogP contribution in [-0.4, -0.2) is 47.0 Å². The number of methoxy groups -OCH3 is 1. The van der Waals surface area contributed by atoms with Gasteiger partial charge in [0.2, 0.25) is 0 Å². The monoisotopic (exact) mass is 394 g/mol. The van der Waals surface area contributed by atoms with Crippen LogP contribution in [0.15, 0.2) is 36.7 Å². The van der Waals surface area contributed by atoms with Gasteiger partial charge in [0.15, 0.2) is 0 Å². The molecule has 3 rings (SSSR count). The fraction of sp³-hybridized carbons (Fsp3) is 0.278. The molecule has 0 saturated carbocycles. The van der Waals surface area contributed by atoms with Crippen LogP contribution in [0.1, 0.15) is 21.6 Å². The number of para-hydroxylation sites is 1. The molecule has 0 fully saturated rings. The quantitative estimate of drug-likeness (QED) is 0.622. The summed E-state index contributed by atoms with van der Waals surface area (Å²) < 4.78 is 46.4. The summed E-state index contributed by atoms with van der Waals surface area (Å²) >= 11 is 0. The molecule has 1 amide bonds. The SMILES string of the molecule is COCc1nn(-c2ccnc3c(C(F)(F)F)cccc23)cc1C(=O)N(C)OC. The van der Waals surface area contributed by atoms with Crippen molar-refractivity contribution in [3.05, 3.63) is 53.5 Å². The molecular weight excluding hydrogens is 377 g/mol. The second-order valence-corrected chi connectivity index (χ2v) is 5.88. The highest BCUT2D eigenvalue weighted by Gasteiger charge is 2.33. The number of carbonyl (C=O) groups excluding carboxylic acids is 1. The van der Waals surface area contributed by atoms with E-state index in [0.29, 0.717) is 11.4 Å². The van der Waals surface area contributed by atoms with Gasteiger partial charge in [-0.25, -0.2) is 9.75 Å². The molecule has 2 aromatic heterocycles. The van der Waals surface area contributed by atoms with E-state index in [-0.39, 0.29) is 23.1 Å². The molecule has 7 nitrogen and oxygen atoms in total. The highest BCUT2D eigenvalue weighted by atomic mass is 19.4. The molecule has 0 saturated heterocycles. The molecule has 148 valence electrons. The maximum absolute atomic E-state index is 13.3. The third kappa shape index (κ3) is 3.56. The van der Waals surface area contributed by atoms with E-state index in [1.807, 2.05) is 0 Å². The minimum absolute atomic E-state index is 0.0441. The molecule has 0 bridgehead atoms. The highest BCUT2D eigenvalue weighted by Crippen LogP contribution is 2.35. The van der Waals surface area contributed by atoms with E-state index in [1.165, 1.54) is 56.5 Å². The Balaban J connectivity index is 2.19. The lowest BCUT2D eigenvalue weighted by Crippen LogP contribution is -2.26. The fourth-order valence-electron chi connectivity index (χ4n) is 2.80. The Labute approximate surface area is 158 Å². The maximum Gasteiger partial charge on any atom is 0.418 e. The first-order chi connectivity index (χ1) is 13.3.